The van der Waals surface area contributed by atoms with Gasteiger partial charge in [0.1, 0.15) is 0 Å². The van der Waals surface area contributed by atoms with Crippen LogP contribution in [0.25, 0.3) is 11.1 Å². The van der Waals surface area contributed by atoms with E-state index in [2.05, 4.69) is 10.5 Å². The van der Waals surface area contributed by atoms with Gasteiger partial charge in [0.15, 0.2) is 11.5 Å². The topological polar surface area (TPSA) is 70.9 Å². The van der Waals surface area contributed by atoms with Gasteiger partial charge in [-0.1, -0.05) is 42.5 Å². The number of nitrogens with one attached hydrogen (secondary N) is 1. The second kappa shape index (κ2) is 7.98. The summed E-state index contributed by atoms with van der Waals surface area (Å²) in [6.45, 7) is 0. The molecule has 0 atom stereocenters. The van der Waals surface area contributed by atoms with E-state index >= 15 is 0 Å². The van der Waals surface area contributed by atoms with Crippen LogP contribution < -0.4 is 10.2 Å². The minimum atomic E-state index is -0.299. The number of benzene rings is 3. The van der Waals surface area contributed by atoms with Gasteiger partial charge < -0.3 is 9.84 Å². The van der Waals surface area contributed by atoms with E-state index in [1.54, 1.807) is 24.3 Å². The quantitative estimate of drug-likeness (QED) is 0.545. The van der Waals surface area contributed by atoms with Crippen LogP contribution in [0.1, 0.15) is 15.9 Å². The lowest BCUT2D eigenvalue weighted by Gasteiger charge is -2.04. The molecule has 5 nitrogen and oxygen atoms in total. The van der Waals surface area contributed by atoms with Gasteiger partial charge in [-0.3, -0.25) is 4.79 Å². The van der Waals surface area contributed by atoms with Crippen molar-refractivity contribution in [3.05, 3.63) is 83.9 Å². The molecule has 0 unspecified atom stereocenters. The van der Waals surface area contributed by atoms with Gasteiger partial charge in [-0.15, -0.1) is 0 Å². The minimum Gasteiger partial charge on any atom is -0.504 e. The maximum atomic E-state index is 12.2. The molecule has 3 rings (SSSR count). The van der Waals surface area contributed by atoms with Gasteiger partial charge in [-0.05, 0) is 47.0 Å². The number of carbonyl (C=O) groups is 1. The van der Waals surface area contributed by atoms with Gasteiger partial charge in [0.2, 0.25) is 0 Å². The van der Waals surface area contributed by atoms with Gasteiger partial charge in [-0.2, -0.15) is 5.10 Å². The number of hydrazone groups is 1. The molecule has 0 radical (unpaired) electrons. The molecular formula is C21H18N2O3. The maximum absolute atomic E-state index is 12.2. The Kier molecular flexibility index (Phi) is 5.29. The van der Waals surface area contributed by atoms with Crippen molar-refractivity contribution in [2.75, 3.05) is 7.11 Å². The van der Waals surface area contributed by atoms with Crippen LogP contribution in [0.3, 0.4) is 0 Å². The monoisotopic (exact) mass is 346 g/mol. The highest BCUT2D eigenvalue weighted by molar-refractivity contribution is 5.95. The van der Waals surface area contributed by atoms with Gasteiger partial charge in [0.05, 0.1) is 13.3 Å². The molecule has 0 aliphatic heterocycles. The summed E-state index contributed by atoms with van der Waals surface area (Å²) in [4.78, 5) is 12.2. The molecule has 3 aromatic rings. The predicted molar refractivity (Wildman–Crippen MR) is 102 cm³/mol. The molecule has 26 heavy (non-hydrogen) atoms. The van der Waals surface area contributed by atoms with E-state index in [-0.39, 0.29) is 11.7 Å². The summed E-state index contributed by atoms with van der Waals surface area (Å²) in [5.74, 6) is 0.0931. The third-order valence-corrected chi connectivity index (χ3v) is 3.84. The standard InChI is InChI=1S/C21H18N2O3/c1-26-20-13-15(7-12-19(20)24)14-22-23-21(25)18-10-8-17(9-11-18)16-5-3-2-4-6-16/h2-14,24H,1H3,(H,23,25)/b22-14-. The van der Waals surface area contributed by atoms with Crippen LogP contribution in [0.5, 0.6) is 11.5 Å². The van der Waals surface area contributed by atoms with Crippen molar-refractivity contribution >= 4 is 12.1 Å². The summed E-state index contributed by atoms with van der Waals surface area (Å²) in [5, 5.41) is 13.5. The van der Waals surface area contributed by atoms with E-state index in [9.17, 15) is 9.90 Å². The van der Waals surface area contributed by atoms with Crippen molar-refractivity contribution in [1.82, 2.24) is 5.43 Å². The van der Waals surface area contributed by atoms with Crippen molar-refractivity contribution in [3.63, 3.8) is 0 Å². The summed E-state index contributed by atoms with van der Waals surface area (Å²) < 4.78 is 5.03. The van der Waals surface area contributed by atoms with Gasteiger partial charge in [-0.25, -0.2) is 5.43 Å². The minimum absolute atomic E-state index is 0.0483. The number of amides is 1. The highest BCUT2D eigenvalue weighted by Crippen LogP contribution is 2.25. The first-order valence-corrected chi connectivity index (χ1v) is 8.03. The fourth-order valence-electron chi connectivity index (χ4n) is 2.45. The number of nitrogens with zero attached hydrogens (tertiary/aromatic N) is 1. The van der Waals surface area contributed by atoms with Gasteiger partial charge in [0.25, 0.3) is 5.91 Å². The van der Waals surface area contributed by atoms with Crippen LogP contribution >= 0.6 is 0 Å². The number of phenolic OH excluding ortho intramolecular Hbond substituents is 1. The van der Waals surface area contributed by atoms with E-state index in [0.717, 1.165) is 11.1 Å². The van der Waals surface area contributed by atoms with Crippen LogP contribution in [0.15, 0.2) is 77.9 Å². The van der Waals surface area contributed by atoms with Crippen LogP contribution in [0, 0.1) is 0 Å². The zero-order valence-corrected chi connectivity index (χ0v) is 14.2. The third-order valence-electron chi connectivity index (χ3n) is 3.84. The van der Waals surface area contributed by atoms with E-state index < -0.39 is 0 Å². The average molecular weight is 346 g/mol. The smallest absolute Gasteiger partial charge is 0.271 e. The lowest BCUT2D eigenvalue weighted by molar-refractivity contribution is 0.0955. The third kappa shape index (κ3) is 4.08. The first kappa shape index (κ1) is 17.2. The summed E-state index contributed by atoms with van der Waals surface area (Å²) in [7, 11) is 1.47. The highest BCUT2D eigenvalue weighted by atomic mass is 16.5. The van der Waals surface area contributed by atoms with Crippen molar-refractivity contribution in [3.8, 4) is 22.6 Å². The summed E-state index contributed by atoms with van der Waals surface area (Å²) in [6.07, 6.45) is 1.48. The lowest BCUT2D eigenvalue weighted by Crippen LogP contribution is -2.17. The van der Waals surface area contributed by atoms with Crippen molar-refractivity contribution in [2.24, 2.45) is 5.10 Å². The molecule has 0 saturated carbocycles. The molecule has 2 N–H and O–H groups in total. The number of methoxy groups -OCH3 is 1. The van der Waals surface area contributed by atoms with Gasteiger partial charge in [0, 0.05) is 5.56 Å². The molecular weight excluding hydrogens is 328 g/mol. The first-order valence-electron chi connectivity index (χ1n) is 8.03. The maximum Gasteiger partial charge on any atom is 0.271 e. The number of hydrogen-bond donors (Lipinski definition) is 2. The van der Waals surface area contributed by atoms with Crippen LogP contribution in [-0.4, -0.2) is 24.3 Å². The van der Waals surface area contributed by atoms with Crippen LogP contribution in [0.4, 0.5) is 0 Å². The Morgan fingerprint density at radius 3 is 2.38 bits per heavy atom. The molecule has 0 fully saturated rings. The number of rotatable bonds is 5. The Bertz CT molecular complexity index is 920. The highest BCUT2D eigenvalue weighted by Gasteiger charge is 2.05. The number of phenols is 1. The Labute approximate surface area is 151 Å². The van der Waals surface area contributed by atoms with E-state index in [0.29, 0.717) is 16.9 Å². The van der Waals surface area contributed by atoms with E-state index in [1.807, 2.05) is 42.5 Å². The Morgan fingerprint density at radius 1 is 1.00 bits per heavy atom. The van der Waals surface area contributed by atoms with Crippen LogP contribution in [-0.2, 0) is 0 Å². The SMILES string of the molecule is COc1cc(/C=N\NC(=O)c2ccc(-c3ccccc3)cc2)ccc1O. The normalized spacial score (nSPS) is 10.7. The van der Waals surface area contributed by atoms with E-state index in [1.165, 1.54) is 19.4 Å². The van der Waals surface area contributed by atoms with Crippen molar-refractivity contribution in [1.29, 1.82) is 0 Å². The molecule has 0 aliphatic rings. The van der Waals surface area contributed by atoms with Gasteiger partial charge >= 0.3 is 0 Å². The Morgan fingerprint density at radius 2 is 1.69 bits per heavy atom. The summed E-state index contributed by atoms with van der Waals surface area (Å²) >= 11 is 0. The second-order valence-corrected chi connectivity index (χ2v) is 5.57. The lowest BCUT2D eigenvalue weighted by atomic mass is 10.0. The number of carbonyl (C=O) groups excluding carboxylic acids is 1. The second-order valence-electron chi connectivity index (χ2n) is 5.57. The number of hydrogen-bond acceptors (Lipinski definition) is 4. The molecule has 0 spiro atoms. The molecule has 0 saturated heterocycles. The molecule has 0 heterocycles. The summed E-state index contributed by atoms with van der Waals surface area (Å²) in [6, 6.07) is 22.1. The summed E-state index contributed by atoms with van der Waals surface area (Å²) in [5.41, 5.74) is 5.84. The molecule has 0 aliphatic carbocycles. The van der Waals surface area contributed by atoms with Crippen LogP contribution in [0.2, 0.25) is 0 Å². The molecule has 0 bridgehead atoms. The average Bonchev–Trinajstić information content (AvgIpc) is 2.70. The molecule has 130 valence electrons. The fourth-order valence-corrected chi connectivity index (χ4v) is 2.45. The molecule has 3 aromatic carbocycles. The van der Waals surface area contributed by atoms with Crippen molar-refractivity contribution < 1.29 is 14.6 Å². The Balaban J connectivity index is 1.65. The molecule has 0 aromatic heterocycles. The molecule has 1 amide bonds. The largest absolute Gasteiger partial charge is 0.504 e. The zero-order chi connectivity index (χ0) is 18.4. The van der Waals surface area contributed by atoms with Crippen molar-refractivity contribution in [2.45, 2.75) is 0 Å². The first-order chi connectivity index (χ1) is 12.7. The number of aromatic hydroxyl groups is 1. The molecule has 5 heteroatoms. The van der Waals surface area contributed by atoms with E-state index in [4.69, 9.17) is 4.74 Å². The predicted octanol–water partition coefficient (Wildman–Crippen LogP) is 3.83. The fraction of sp³-hybridized carbons (Fsp3) is 0.0476. The number of ether oxygens (including phenoxy) is 1. The zero-order valence-electron chi connectivity index (χ0n) is 14.2. The Hall–Kier alpha value is -3.60.